The lowest BCUT2D eigenvalue weighted by atomic mass is 10.1. The molecule has 5 nitrogen and oxygen atoms in total. The SMILES string of the molecule is CSc1nc(-c2ccccc2OCC(C)C)c(C#N)c(=O)[nH]1. The molecule has 0 saturated heterocycles. The fourth-order valence-corrected chi connectivity index (χ4v) is 2.27. The number of aromatic amines is 1. The van der Waals surface area contributed by atoms with Crippen LogP contribution in [0.5, 0.6) is 5.75 Å². The van der Waals surface area contributed by atoms with Gasteiger partial charge in [-0.3, -0.25) is 4.79 Å². The summed E-state index contributed by atoms with van der Waals surface area (Å²) in [6.07, 6.45) is 1.81. The summed E-state index contributed by atoms with van der Waals surface area (Å²) in [4.78, 5) is 19.0. The van der Waals surface area contributed by atoms with Crippen LogP contribution in [0.2, 0.25) is 0 Å². The second kappa shape index (κ2) is 7.14. The number of hydrogen-bond donors (Lipinski definition) is 1. The van der Waals surface area contributed by atoms with Crippen LogP contribution in [0.1, 0.15) is 19.4 Å². The van der Waals surface area contributed by atoms with Gasteiger partial charge in [0, 0.05) is 5.56 Å². The lowest BCUT2D eigenvalue weighted by molar-refractivity contribution is 0.272. The molecule has 1 N–H and O–H groups in total. The van der Waals surface area contributed by atoms with Crippen LogP contribution >= 0.6 is 11.8 Å². The fourth-order valence-electron chi connectivity index (χ4n) is 1.89. The molecule has 0 aliphatic rings. The molecule has 2 rings (SSSR count). The van der Waals surface area contributed by atoms with Gasteiger partial charge in [0.25, 0.3) is 5.56 Å². The highest BCUT2D eigenvalue weighted by atomic mass is 32.2. The molecular weight excluding hydrogens is 298 g/mol. The molecule has 1 heterocycles. The summed E-state index contributed by atoms with van der Waals surface area (Å²) >= 11 is 1.32. The van der Waals surface area contributed by atoms with Crippen LogP contribution in [0, 0.1) is 17.2 Å². The van der Waals surface area contributed by atoms with Gasteiger partial charge in [-0.1, -0.05) is 37.7 Å². The summed E-state index contributed by atoms with van der Waals surface area (Å²) in [7, 11) is 0. The smallest absolute Gasteiger partial charge is 0.270 e. The quantitative estimate of drug-likeness (QED) is 0.677. The maximum atomic E-state index is 12.0. The Labute approximate surface area is 133 Å². The third-order valence-corrected chi connectivity index (χ3v) is 3.50. The van der Waals surface area contributed by atoms with Crippen LogP contribution in [-0.4, -0.2) is 22.8 Å². The van der Waals surface area contributed by atoms with E-state index in [1.54, 1.807) is 0 Å². The van der Waals surface area contributed by atoms with Crippen molar-refractivity contribution in [2.45, 2.75) is 19.0 Å². The third-order valence-electron chi connectivity index (χ3n) is 2.92. The molecule has 0 radical (unpaired) electrons. The van der Waals surface area contributed by atoms with Gasteiger partial charge in [0.1, 0.15) is 23.1 Å². The van der Waals surface area contributed by atoms with E-state index in [0.717, 1.165) is 0 Å². The number of para-hydroxylation sites is 1. The minimum Gasteiger partial charge on any atom is -0.493 e. The van der Waals surface area contributed by atoms with Gasteiger partial charge in [0.2, 0.25) is 0 Å². The minimum atomic E-state index is -0.435. The molecule has 1 aromatic heterocycles. The molecule has 114 valence electrons. The van der Waals surface area contributed by atoms with Gasteiger partial charge in [-0.05, 0) is 24.3 Å². The number of nitrogens with zero attached hydrogens (tertiary/aromatic N) is 2. The van der Waals surface area contributed by atoms with Gasteiger partial charge in [-0.25, -0.2) is 4.98 Å². The summed E-state index contributed by atoms with van der Waals surface area (Å²) in [6, 6.07) is 9.25. The van der Waals surface area contributed by atoms with E-state index in [4.69, 9.17) is 4.74 Å². The van der Waals surface area contributed by atoms with E-state index in [2.05, 4.69) is 23.8 Å². The van der Waals surface area contributed by atoms with Crippen LogP contribution in [0.3, 0.4) is 0 Å². The van der Waals surface area contributed by atoms with E-state index in [0.29, 0.717) is 34.7 Å². The van der Waals surface area contributed by atoms with E-state index in [9.17, 15) is 10.1 Å². The molecule has 22 heavy (non-hydrogen) atoms. The molecular formula is C16H17N3O2S. The summed E-state index contributed by atoms with van der Waals surface area (Å²) < 4.78 is 5.80. The average molecular weight is 315 g/mol. The molecule has 0 atom stereocenters. The number of benzene rings is 1. The molecule has 6 heteroatoms. The van der Waals surface area contributed by atoms with E-state index in [-0.39, 0.29) is 5.56 Å². The topological polar surface area (TPSA) is 78.8 Å². The van der Waals surface area contributed by atoms with Gasteiger partial charge in [0.15, 0.2) is 5.16 Å². The molecule has 0 bridgehead atoms. The Morgan fingerprint density at radius 2 is 2.14 bits per heavy atom. The third kappa shape index (κ3) is 3.49. The monoisotopic (exact) mass is 315 g/mol. The summed E-state index contributed by atoms with van der Waals surface area (Å²) in [5.41, 5.74) is 0.574. The number of nitriles is 1. The predicted octanol–water partition coefficient (Wildman–Crippen LogP) is 3.07. The Morgan fingerprint density at radius 1 is 1.41 bits per heavy atom. The Hall–Kier alpha value is -2.26. The second-order valence-electron chi connectivity index (χ2n) is 5.11. The highest BCUT2D eigenvalue weighted by molar-refractivity contribution is 7.98. The van der Waals surface area contributed by atoms with E-state index < -0.39 is 5.56 Å². The highest BCUT2D eigenvalue weighted by Gasteiger charge is 2.16. The summed E-state index contributed by atoms with van der Waals surface area (Å²) in [6.45, 7) is 4.67. The van der Waals surface area contributed by atoms with Gasteiger partial charge in [0.05, 0.1) is 6.61 Å². The van der Waals surface area contributed by atoms with E-state index in [1.807, 2.05) is 36.6 Å². The fraction of sp³-hybridized carbons (Fsp3) is 0.312. The van der Waals surface area contributed by atoms with Crippen molar-refractivity contribution in [3.05, 3.63) is 40.2 Å². The molecule has 0 saturated carbocycles. The first-order valence-corrected chi connectivity index (χ1v) is 8.10. The highest BCUT2D eigenvalue weighted by Crippen LogP contribution is 2.30. The summed E-state index contributed by atoms with van der Waals surface area (Å²) in [5, 5.41) is 9.75. The Balaban J connectivity index is 2.59. The first-order chi connectivity index (χ1) is 10.6. The Kier molecular flexibility index (Phi) is 5.23. The van der Waals surface area contributed by atoms with Crippen molar-refractivity contribution in [2.75, 3.05) is 12.9 Å². The molecule has 0 aliphatic heterocycles. The number of rotatable bonds is 5. The number of aromatic nitrogens is 2. The average Bonchev–Trinajstić information content (AvgIpc) is 2.52. The van der Waals surface area contributed by atoms with Crippen molar-refractivity contribution >= 4 is 11.8 Å². The van der Waals surface area contributed by atoms with Crippen molar-refractivity contribution in [2.24, 2.45) is 5.92 Å². The molecule has 0 fully saturated rings. The zero-order valence-electron chi connectivity index (χ0n) is 12.7. The normalized spacial score (nSPS) is 10.5. The zero-order valence-corrected chi connectivity index (χ0v) is 13.5. The van der Waals surface area contributed by atoms with Gasteiger partial charge in [-0.15, -0.1) is 0 Å². The number of hydrogen-bond acceptors (Lipinski definition) is 5. The standard InChI is InChI=1S/C16H17N3O2S/c1-10(2)9-21-13-7-5-4-6-11(13)14-12(8-17)15(20)19-16(18-14)22-3/h4-7,10H,9H2,1-3H3,(H,18,19,20). The van der Waals surface area contributed by atoms with Gasteiger partial charge >= 0.3 is 0 Å². The van der Waals surface area contributed by atoms with Gasteiger partial charge in [-0.2, -0.15) is 5.26 Å². The lowest BCUT2D eigenvalue weighted by Crippen LogP contribution is -2.15. The number of thioether (sulfide) groups is 1. The molecule has 2 aromatic rings. The molecule has 0 spiro atoms. The first-order valence-electron chi connectivity index (χ1n) is 6.87. The van der Waals surface area contributed by atoms with E-state index in [1.165, 1.54) is 11.8 Å². The van der Waals surface area contributed by atoms with Crippen molar-refractivity contribution < 1.29 is 4.74 Å². The zero-order chi connectivity index (χ0) is 16.1. The number of H-pyrrole nitrogens is 1. The molecule has 0 amide bonds. The van der Waals surface area contributed by atoms with Crippen LogP contribution in [0.25, 0.3) is 11.3 Å². The minimum absolute atomic E-state index is 0.00148. The van der Waals surface area contributed by atoms with Crippen LogP contribution < -0.4 is 10.3 Å². The van der Waals surface area contributed by atoms with Crippen molar-refractivity contribution in [1.29, 1.82) is 5.26 Å². The molecule has 0 aliphatic carbocycles. The van der Waals surface area contributed by atoms with Crippen molar-refractivity contribution in [1.82, 2.24) is 9.97 Å². The lowest BCUT2D eigenvalue weighted by Gasteiger charge is -2.13. The van der Waals surface area contributed by atoms with Crippen LogP contribution in [-0.2, 0) is 0 Å². The van der Waals surface area contributed by atoms with Gasteiger partial charge < -0.3 is 9.72 Å². The maximum absolute atomic E-state index is 12.0. The summed E-state index contributed by atoms with van der Waals surface area (Å²) in [5.74, 6) is 0.996. The van der Waals surface area contributed by atoms with Crippen LogP contribution in [0.15, 0.2) is 34.2 Å². The first kappa shape index (κ1) is 16.1. The number of ether oxygens (including phenoxy) is 1. The Bertz CT molecular complexity index is 763. The predicted molar refractivity (Wildman–Crippen MR) is 87.1 cm³/mol. The Morgan fingerprint density at radius 3 is 2.77 bits per heavy atom. The number of nitrogens with one attached hydrogen (secondary N) is 1. The van der Waals surface area contributed by atoms with Crippen molar-refractivity contribution in [3.63, 3.8) is 0 Å². The van der Waals surface area contributed by atoms with Crippen molar-refractivity contribution in [3.8, 4) is 23.1 Å². The molecule has 1 aromatic carbocycles. The largest absolute Gasteiger partial charge is 0.493 e. The van der Waals surface area contributed by atoms with E-state index >= 15 is 0 Å². The second-order valence-corrected chi connectivity index (χ2v) is 5.91. The maximum Gasteiger partial charge on any atom is 0.270 e. The van der Waals surface area contributed by atoms with Crippen LogP contribution in [0.4, 0.5) is 0 Å². The molecule has 0 unspecified atom stereocenters.